The Balaban J connectivity index is 1.57. The molecule has 0 spiro atoms. The van der Waals surface area contributed by atoms with Crippen molar-refractivity contribution in [2.75, 3.05) is 45.3 Å². The van der Waals surface area contributed by atoms with Crippen LogP contribution in [-0.2, 0) is 6.54 Å². The molecule has 1 aliphatic heterocycles. The molecular formula is C17H22N4O2. The van der Waals surface area contributed by atoms with Crippen LogP contribution < -0.4 is 14.4 Å². The first-order chi connectivity index (χ1) is 11.3. The lowest BCUT2D eigenvalue weighted by atomic mass is 10.2. The lowest BCUT2D eigenvalue weighted by Gasteiger charge is -2.34. The molecule has 6 heteroatoms. The van der Waals surface area contributed by atoms with Crippen molar-refractivity contribution in [2.24, 2.45) is 0 Å². The molecule has 0 aliphatic carbocycles. The minimum absolute atomic E-state index is 0.605. The van der Waals surface area contributed by atoms with Crippen LogP contribution in [0, 0.1) is 0 Å². The summed E-state index contributed by atoms with van der Waals surface area (Å²) in [5, 5.41) is 0. The summed E-state index contributed by atoms with van der Waals surface area (Å²) in [5.41, 5.74) is 1.27. The third kappa shape index (κ3) is 3.90. The second kappa shape index (κ2) is 7.28. The third-order valence-corrected chi connectivity index (χ3v) is 4.02. The maximum Gasteiger partial charge on any atom is 0.228 e. The van der Waals surface area contributed by atoms with Crippen LogP contribution >= 0.6 is 0 Å². The normalized spacial score (nSPS) is 15.5. The van der Waals surface area contributed by atoms with Gasteiger partial charge < -0.3 is 14.4 Å². The number of benzene rings is 1. The summed E-state index contributed by atoms with van der Waals surface area (Å²) in [6, 6.07) is 10.0. The summed E-state index contributed by atoms with van der Waals surface area (Å²) in [5.74, 6) is 2.25. The van der Waals surface area contributed by atoms with E-state index in [9.17, 15) is 0 Å². The van der Waals surface area contributed by atoms with Gasteiger partial charge in [0.1, 0.15) is 5.75 Å². The quantitative estimate of drug-likeness (QED) is 0.839. The van der Waals surface area contributed by atoms with Crippen molar-refractivity contribution in [3.63, 3.8) is 0 Å². The van der Waals surface area contributed by atoms with Crippen LogP contribution in [0.5, 0.6) is 11.6 Å². The Hall–Kier alpha value is -2.34. The summed E-state index contributed by atoms with van der Waals surface area (Å²) < 4.78 is 10.5. The van der Waals surface area contributed by atoms with Crippen LogP contribution in [-0.4, -0.2) is 55.3 Å². The molecule has 0 radical (unpaired) electrons. The van der Waals surface area contributed by atoms with Crippen molar-refractivity contribution in [3.8, 4) is 11.6 Å². The van der Waals surface area contributed by atoms with E-state index in [1.807, 2.05) is 12.1 Å². The molecule has 6 nitrogen and oxygen atoms in total. The number of hydrogen-bond donors (Lipinski definition) is 0. The van der Waals surface area contributed by atoms with Crippen LogP contribution in [0.4, 0.5) is 5.95 Å². The molecular weight excluding hydrogens is 292 g/mol. The molecule has 0 bridgehead atoms. The van der Waals surface area contributed by atoms with E-state index >= 15 is 0 Å². The van der Waals surface area contributed by atoms with Crippen molar-refractivity contribution >= 4 is 5.95 Å². The second-order valence-electron chi connectivity index (χ2n) is 5.51. The number of nitrogens with zero attached hydrogens (tertiary/aromatic N) is 4. The molecule has 1 aromatic carbocycles. The number of hydrogen-bond acceptors (Lipinski definition) is 6. The molecule has 0 atom stereocenters. The maximum absolute atomic E-state index is 5.29. The van der Waals surface area contributed by atoms with Gasteiger partial charge >= 0.3 is 0 Å². The van der Waals surface area contributed by atoms with Crippen LogP contribution in [0.15, 0.2) is 36.5 Å². The largest absolute Gasteiger partial charge is 0.497 e. The van der Waals surface area contributed by atoms with E-state index in [1.54, 1.807) is 26.5 Å². The highest BCUT2D eigenvalue weighted by Gasteiger charge is 2.19. The molecule has 0 amide bonds. The van der Waals surface area contributed by atoms with Crippen molar-refractivity contribution in [1.82, 2.24) is 14.9 Å². The Kier molecular flexibility index (Phi) is 4.92. The summed E-state index contributed by atoms with van der Waals surface area (Å²) in [6.07, 6.45) is 1.74. The molecule has 122 valence electrons. The number of aromatic nitrogens is 2. The molecule has 0 N–H and O–H groups in total. The van der Waals surface area contributed by atoms with Gasteiger partial charge in [0.05, 0.1) is 14.2 Å². The fourth-order valence-corrected chi connectivity index (χ4v) is 2.73. The van der Waals surface area contributed by atoms with Gasteiger partial charge in [-0.25, -0.2) is 4.98 Å². The van der Waals surface area contributed by atoms with E-state index in [0.717, 1.165) is 44.4 Å². The standard InChI is InChI=1S/C17H22N4O2/c1-22-15-5-3-4-14(12-15)13-20-8-10-21(11-9-20)17-18-7-6-16(19-17)23-2/h3-7,12H,8-11,13H2,1-2H3. The molecule has 0 saturated carbocycles. The van der Waals surface area contributed by atoms with Crippen LogP contribution in [0.1, 0.15) is 5.56 Å². The summed E-state index contributed by atoms with van der Waals surface area (Å²) >= 11 is 0. The minimum Gasteiger partial charge on any atom is -0.497 e. The highest BCUT2D eigenvalue weighted by atomic mass is 16.5. The highest BCUT2D eigenvalue weighted by Crippen LogP contribution is 2.17. The SMILES string of the molecule is COc1cccc(CN2CCN(c3nccc(OC)n3)CC2)c1. The zero-order chi connectivity index (χ0) is 16.1. The molecule has 1 saturated heterocycles. The molecule has 1 aromatic heterocycles. The number of piperazine rings is 1. The predicted molar refractivity (Wildman–Crippen MR) is 89.1 cm³/mol. The van der Waals surface area contributed by atoms with Crippen LogP contribution in [0.3, 0.4) is 0 Å². The first-order valence-electron chi connectivity index (χ1n) is 7.76. The van der Waals surface area contributed by atoms with Gasteiger partial charge in [-0.05, 0) is 17.7 Å². The van der Waals surface area contributed by atoms with E-state index in [0.29, 0.717) is 5.88 Å². The van der Waals surface area contributed by atoms with Gasteiger partial charge in [0.25, 0.3) is 0 Å². The predicted octanol–water partition coefficient (Wildman–Crippen LogP) is 1.82. The minimum atomic E-state index is 0.605. The second-order valence-corrected chi connectivity index (χ2v) is 5.51. The van der Waals surface area contributed by atoms with Crippen molar-refractivity contribution in [3.05, 3.63) is 42.1 Å². The molecule has 2 aromatic rings. The third-order valence-electron chi connectivity index (χ3n) is 4.02. The Morgan fingerprint density at radius 1 is 1.04 bits per heavy atom. The highest BCUT2D eigenvalue weighted by molar-refractivity contribution is 5.33. The molecule has 3 rings (SSSR count). The Bertz CT molecular complexity index is 642. The zero-order valence-corrected chi connectivity index (χ0v) is 13.6. The van der Waals surface area contributed by atoms with Gasteiger partial charge in [0, 0.05) is 45.0 Å². The van der Waals surface area contributed by atoms with Gasteiger partial charge in [-0.3, -0.25) is 4.90 Å². The van der Waals surface area contributed by atoms with E-state index in [1.165, 1.54) is 5.56 Å². The fraction of sp³-hybridized carbons (Fsp3) is 0.412. The van der Waals surface area contributed by atoms with Crippen LogP contribution in [0.2, 0.25) is 0 Å². The first-order valence-corrected chi connectivity index (χ1v) is 7.76. The number of ether oxygens (including phenoxy) is 2. The van der Waals surface area contributed by atoms with Crippen LogP contribution in [0.25, 0.3) is 0 Å². The molecule has 1 fully saturated rings. The van der Waals surface area contributed by atoms with Gasteiger partial charge in [-0.1, -0.05) is 12.1 Å². The molecule has 23 heavy (non-hydrogen) atoms. The lowest BCUT2D eigenvalue weighted by molar-refractivity contribution is 0.248. The average Bonchev–Trinajstić information content (AvgIpc) is 2.62. The Labute approximate surface area is 136 Å². The van der Waals surface area contributed by atoms with Gasteiger partial charge in [0.15, 0.2) is 0 Å². The number of methoxy groups -OCH3 is 2. The van der Waals surface area contributed by atoms with E-state index in [-0.39, 0.29) is 0 Å². The topological polar surface area (TPSA) is 50.7 Å². The zero-order valence-electron chi connectivity index (χ0n) is 13.6. The molecule has 1 aliphatic rings. The number of anilines is 1. The first kappa shape index (κ1) is 15.6. The Morgan fingerprint density at radius 3 is 2.61 bits per heavy atom. The van der Waals surface area contributed by atoms with Crippen molar-refractivity contribution in [2.45, 2.75) is 6.54 Å². The van der Waals surface area contributed by atoms with E-state index in [4.69, 9.17) is 9.47 Å². The Morgan fingerprint density at radius 2 is 1.87 bits per heavy atom. The van der Waals surface area contributed by atoms with E-state index < -0.39 is 0 Å². The lowest BCUT2D eigenvalue weighted by Crippen LogP contribution is -2.46. The smallest absolute Gasteiger partial charge is 0.228 e. The van der Waals surface area contributed by atoms with Gasteiger partial charge in [-0.15, -0.1) is 0 Å². The van der Waals surface area contributed by atoms with Crippen molar-refractivity contribution < 1.29 is 9.47 Å². The number of rotatable bonds is 5. The summed E-state index contributed by atoms with van der Waals surface area (Å²) in [4.78, 5) is 13.4. The van der Waals surface area contributed by atoms with Crippen molar-refractivity contribution in [1.29, 1.82) is 0 Å². The monoisotopic (exact) mass is 314 g/mol. The maximum atomic E-state index is 5.29. The summed E-state index contributed by atoms with van der Waals surface area (Å²) in [7, 11) is 3.32. The van der Waals surface area contributed by atoms with E-state index in [2.05, 4.69) is 31.9 Å². The van der Waals surface area contributed by atoms with Gasteiger partial charge in [0.2, 0.25) is 11.8 Å². The average molecular weight is 314 g/mol. The fourth-order valence-electron chi connectivity index (χ4n) is 2.73. The molecule has 2 heterocycles. The van der Waals surface area contributed by atoms with Gasteiger partial charge in [-0.2, -0.15) is 4.98 Å². The molecule has 0 unspecified atom stereocenters. The summed E-state index contributed by atoms with van der Waals surface area (Å²) in [6.45, 7) is 4.73.